The van der Waals surface area contributed by atoms with Gasteiger partial charge in [-0.25, -0.2) is 0 Å². The number of rotatable bonds is 0. The highest BCUT2D eigenvalue weighted by atomic mass is 35.5. The SMILES string of the molecule is ClC1(Cl)Cc2ccccc2Sc2ccccc21. The van der Waals surface area contributed by atoms with Gasteiger partial charge in [0.25, 0.3) is 0 Å². The van der Waals surface area contributed by atoms with Crippen LogP contribution in [0.1, 0.15) is 11.1 Å². The molecular formula is C14H10Cl2S. The molecule has 1 aliphatic heterocycles. The van der Waals surface area contributed by atoms with Gasteiger partial charge in [0.2, 0.25) is 0 Å². The van der Waals surface area contributed by atoms with Gasteiger partial charge in [-0.3, -0.25) is 0 Å². The number of hydrogen-bond acceptors (Lipinski definition) is 1. The van der Waals surface area contributed by atoms with Gasteiger partial charge in [-0.15, -0.1) is 0 Å². The lowest BCUT2D eigenvalue weighted by Crippen LogP contribution is -2.13. The summed E-state index contributed by atoms with van der Waals surface area (Å²) in [6.07, 6.45) is 0.649. The lowest BCUT2D eigenvalue weighted by molar-refractivity contribution is 0.813. The van der Waals surface area contributed by atoms with E-state index in [1.165, 1.54) is 10.5 Å². The van der Waals surface area contributed by atoms with E-state index >= 15 is 0 Å². The second kappa shape index (κ2) is 4.24. The molecule has 0 nitrogen and oxygen atoms in total. The van der Waals surface area contributed by atoms with E-state index < -0.39 is 4.33 Å². The third-order valence-corrected chi connectivity index (χ3v) is 4.75. The van der Waals surface area contributed by atoms with Crippen LogP contribution in [0.4, 0.5) is 0 Å². The molecule has 0 aromatic heterocycles. The predicted molar refractivity (Wildman–Crippen MR) is 74.1 cm³/mol. The molecule has 2 aromatic carbocycles. The molecule has 86 valence electrons. The minimum Gasteiger partial charge on any atom is -0.0959 e. The molecule has 0 unspecified atom stereocenters. The van der Waals surface area contributed by atoms with Gasteiger partial charge in [0, 0.05) is 21.8 Å². The highest BCUT2D eigenvalue weighted by Crippen LogP contribution is 2.48. The zero-order valence-corrected chi connectivity index (χ0v) is 11.3. The summed E-state index contributed by atoms with van der Waals surface area (Å²) in [6.45, 7) is 0. The zero-order valence-electron chi connectivity index (χ0n) is 8.99. The molecule has 3 heteroatoms. The molecule has 0 saturated heterocycles. The van der Waals surface area contributed by atoms with Crippen LogP contribution in [0.3, 0.4) is 0 Å². The van der Waals surface area contributed by atoms with Gasteiger partial charge in [0.15, 0.2) is 0 Å². The molecule has 1 heterocycles. The van der Waals surface area contributed by atoms with E-state index in [9.17, 15) is 0 Å². The highest BCUT2D eigenvalue weighted by molar-refractivity contribution is 7.99. The highest BCUT2D eigenvalue weighted by Gasteiger charge is 2.33. The summed E-state index contributed by atoms with van der Waals surface area (Å²) in [4.78, 5) is 2.38. The van der Waals surface area contributed by atoms with Crippen LogP contribution in [0.15, 0.2) is 58.3 Å². The maximum atomic E-state index is 6.49. The Morgan fingerprint density at radius 2 is 1.53 bits per heavy atom. The van der Waals surface area contributed by atoms with Crippen molar-refractivity contribution in [2.24, 2.45) is 0 Å². The minimum absolute atomic E-state index is 0.649. The Balaban J connectivity index is 2.21. The largest absolute Gasteiger partial charge is 0.148 e. The first kappa shape index (κ1) is 11.5. The zero-order chi connectivity index (χ0) is 11.9. The standard InChI is InChI=1S/C14H10Cl2S/c15-14(16)9-10-5-1-3-7-12(10)17-13-8-4-2-6-11(13)14/h1-8H,9H2. The maximum absolute atomic E-state index is 6.49. The van der Waals surface area contributed by atoms with Crippen LogP contribution in [0.2, 0.25) is 0 Å². The third-order valence-electron chi connectivity index (χ3n) is 2.89. The average molecular weight is 281 g/mol. The third kappa shape index (κ3) is 2.08. The summed E-state index contributed by atoms with van der Waals surface area (Å²) in [5.74, 6) is 0. The molecule has 0 atom stereocenters. The molecule has 0 aliphatic carbocycles. The Kier molecular flexibility index (Phi) is 2.86. The smallest absolute Gasteiger partial charge is 0.0959 e. The fourth-order valence-electron chi connectivity index (χ4n) is 2.06. The van der Waals surface area contributed by atoms with E-state index in [0.29, 0.717) is 6.42 Å². The van der Waals surface area contributed by atoms with Crippen LogP contribution < -0.4 is 0 Å². The Bertz CT molecular complexity index is 564. The molecule has 0 fully saturated rings. The molecule has 17 heavy (non-hydrogen) atoms. The summed E-state index contributed by atoms with van der Waals surface area (Å²) in [7, 11) is 0. The van der Waals surface area contributed by atoms with Crippen molar-refractivity contribution in [2.45, 2.75) is 20.5 Å². The summed E-state index contributed by atoms with van der Waals surface area (Å²) < 4.78 is -0.837. The normalized spacial score (nSPS) is 16.8. The van der Waals surface area contributed by atoms with Crippen LogP contribution in [0.25, 0.3) is 0 Å². The first-order valence-electron chi connectivity index (χ1n) is 5.40. The van der Waals surface area contributed by atoms with Gasteiger partial charge in [-0.1, -0.05) is 71.4 Å². The first-order valence-corrected chi connectivity index (χ1v) is 6.97. The Morgan fingerprint density at radius 1 is 0.882 bits per heavy atom. The molecule has 0 saturated carbocycles. The summed E-state index contributed by atoms with van der Waals surface area (Å²) >= 11 is 14.7. The summed E-state index contributed by atoms with van der Waals surface area (Å²) in [5.41, 5.74) is 2.21. The van der Waals surface area contributed by atoms with Crippen LogP contribution in [0.5, 0.6) is 0 Å². The van der Waals surface area contributed by atoms with Gasteiger partial charge in [-0.2, -0.15) is 0 Å². The Morgan fingerprint density at radius 3 is 2.35 bits per heavy atom. The summed E-state index contributed by atoms with van der Waals surface area (Å²) in [5, 5.41) is 0. The van der Waals surface area contributed by atoms with Gasteiger partial charge < -0.3 is 0 Å². The van der Waals surface area contributed by atoms with Crippen molar-refractivity contribution < 1.29 is 0 Å². The molecule has 1 aliphatic rings. The van der Waals surface area contributed by atoms with Crippen molar-refractivity contribution in [3.05, 3.63) is 59.7 Å². The molecule has 0 N–H and O–H groups in total. The van der Waals surface area contributed by atoms with E-state index in [0.717, 1.165) is 10.5 Å². The van der Waals surface area contributed by atoms with Crippen molar-refractivity contribution in [3.63, 3.8) is 0 Å². The number of alkyl halides is 2. The van der Waals surface area contributed by atoms with Crippen LogP contribution >= 0.6 is 35.0 Å². The van der Waals surface area contributed by atoms with Gasteiger partial charge in [0.1, 0.15) is 4.33 Å². The van der Waals surface area contributed by atoms with Crippen molar-refractivity contribution >= 4 is 35.0 Å². The van der Waals surface area contributed by atoms with Gasteiger partial charge in [0.05, 0.1) is 0 Å². The van der Waals surface area contributed by atoms with Gasteiger partial charge >= 0.3 is 0 Å². The fourth-order valence-corrected chi connectivity index (χ4v) is 3.94. The molecule has 0 amide bonds. The molecule has 2 aromatic rings. The Hall–Kier alpha value is -0.630. The van der Waals surface area contributed by atoms with Crippen molar-refractivity contribution in [1.82, 2.24) is 0 Å². The first-order chi connectivity index (χ1) is 8.17. The number of fused-ring (bicyclic) bond motifs is 2. The second-order valence-corrected chi connectivity index (χ2v) is 6.65. The average Bonchev–Trinajstić information content (AvgIpc) is 2.42. The maximum Gasteiger partial charge on any atom is 0.148 e. The number of benzene rings is 2. The lowest BCUT2D eigenvalue weighted by Gasteiger charge is -2.19. The predicted octanol–water partition coefficient (Wildman–Crippen LogP) is 5.02. The van der Waals surface area contributed by atoms with Crippen LogP contribution in [-0.4, -0.2) is 0 Å². The molecule has 0 bridgehead atoms. The van der Waals surface area contributed by atoms with Crippen molar-refractivity contribution in [3.8, 4) is 0 Å². The van der Waals surface area contributed by atoms with E-state index in [2.05, 4.69) is 18.2 Å². The summed E-state index contributed by atoms with van der Waals surface area (Å²) in [6, 6.07) is 16.4. The molecule has 0 radical (unpaired) electrons. The lowest BCUT2D eigenvalue weighted by atomic mass is 10.0. The van der Waals surface area contributed by atoms with Crippen LogP contribution in [0, 0.1) is 0 Å². The number of halogens is 2. The monoisotopic (exact) mass is 280 g/mol. The number of hydrogen-bond donors (Lipinski definition) is 0. The quantitative estimate of drug-likeness (QED) is 0.611. The fraction of sp³-hybridized carbons (Fsp3) is 0.143. The molecular weight excluding hydrogens is 271 g/mol. The van der Waals surface area contributed by atoms with Crippen LogP contribution in [-0.2, 0) is 10.8 Å². The van der Waals surface area contributed by atoms with E-state index in [4.69, 9.17) is 23.2 Å². The Labute approximate surface area is 115 Å². The molecule has 0 spiro atoms. The minimum atomic E-state index is -0.837. The topological polar surface area (TPSA) is 0 Å². The second-order valence-electron chi connectivity index (χ2n) is 4.09. The van der Waals surface area contributed by atoms with E-state index in [-0.39, 0.29) is 0 Å². The molecule has 3 rings (SSSR count). The van der Waals surface area contributed by atoms with E-state index in [1.807, 2.05) is 30.3 Å². The van der Waals surface area contributed by atoms with E-state index in [1.54, 1.807) is 11.8 Å². The van der Waals surface area contributed by atoms with Crippen molar-refractivity contribution in [1.29, 1.82) is 0 Å². The van der Waals surface area contributed by atoms with Crippen molar-refractivity contribution in [2.75, 3.05) is 0 Å². The van der Waals surface area contributed by atoms with Gasteiger partial charge in [-0.05, 0) is 17.7 Å².